The minimum atomic E-state index is -0.442. The summed E-state index contributed by atoms with van der Waals surface area (Å²) >= 11 is 0. The molecule has 2 aromatic rings. The molecule has 0 bridgehead atoms. The molecule has 2 aromatic carbocycles. The highest BCUT2D eigenvalue weighted by molar-refractivity contribution is 5.95. The van der Waals surface area contributed by atoms with Gasteiger partial charge in [-0.3, -0.25) is 4.79 Å². The van der Waals surface area contributed by atoms with Crippen molar-refractivity contribution in [1.82, 2.24) is 5.43 Å². The number of hydrazone groups is 1. The van der Waals surface area contributed by atoms with Crippen molar-refractivity contribution in [2.24, 2.45) is 5.10 Å². The Morgan fingerprint density at radius 2 is 1.93 bits per heavy atom. The van der Waals surface area contributed by atoms with Crippen molar-refractivity contribution in [3.8, 4) is 5.75 Å². The fourth-order valence-corrected chi connectivity index (χ4v) is 3.12. The van der Waals surface area contributed by atoms with Crippen LogP contribution in [0.25, 0.3) is 5.57 Å². The Morgan fingerprint density at radius 1 is 1.26 bits per heavy atom. The van der Waals surface area contributed by atoms with E-state index in [0.29, 0.717) is 11.1 Å². The number of nitrogens with zero attached hydrogens (tertiary/aromatic N) is 2. The lowest BCUT2D eigenvalue weighted by molar-refractivity contribution is 0.0955. The maximum Gasteiger partial charge on any atom is 0.271 e. The molecule has 0 aliphatic carbocycles. The van der Waals surface area contributed by atoms with Gasteiger partial charge in [0.1, 0.15) is 11.6 Å². The van der Waals surface area contributed by atoms with Crippen LogP contribution in [0, 0.1) is 5.82 Å². The fourth-order valence-electron chi connectivity index (χ4n) is 3.12. The minimum Gasteiger partial charge on any atom is -0.508 e. The molecule has 1 amide bonds. The third-order valence-corrected chi connectivity index (χ3v) is 4.83. The number of benzene rings is 2. The van der Waals surface area contributed by atoms with E-state index in [4.69, 9.17) is 0 Å². The number of amides is 1. The Bertz CT molecular complexity index is 947. The second kappa shape index (κ2) is 6.87. The topological polar surface area (TPSA) is 64.9 Å². The van der Waals surface area contributed by atoms with Gasteiger partial charge in [0.15, 0.2) is 0 Å². The molecule has 0 radical (unpaired) electrons. The maximum absolute atomic E-state index is 14.5. The number of likely N-dealkylation sites (N-methyl/N-ethyl adjacent to an activating group) is 1. The number of phenolic OH excluding ortho intramolecular Hbond substituents is 1. The zero-order valence-corrected chi connectivity index (χ0v) is 15.7. The number of fused-ring (bicyclic) bond motifs is 1. The van der Waals surface area contributed by atoms with Crippen molar-refractivity contribution < 1.29 is 14.3 Å². The standard InChI is InChI=1S/C21H22FN3O2/c1-13-11-21(2,3)25(4)19-10-18(22)15(9-17(13)19)12-23-24-20(27)14-5-7-16(26)8-6-14/h5-12,26H,1-4H3,(H,24,27)/b23-12-. The van der Waals surface area contributed by atoms with Gasteiger partial charge in [0, 0.05) is 29.4 Å². The monoisotopic (exact) mass is 367 g/mol. The lowest BCUT2D eigenvalue weighted by Crippen LogP contribution is -2.42. The lowest BCUT2D eigenvalue weighted by atomic mass is 9.88. The molecule has 0 atom stereocenters. The van der Waals surface area contributed by atoms with Gasteiger partial charge >= 0.3 is 0 Å². The van der Waals surface area contributed by atoms with E-state index in [1.165, 1.54) is 36.5 Å². The molecule has 1 heterocycles. The van der Waals surface area contributed by atoms with Crippen molar-refractivity contribution in [2.45, 2.75) is 26.3 Å². The van der Waals surface area contributed by atoms with Crippen LogP contribution in [0.15, 0.2) is 47.6 Å². The predicted octanol–water partition coefficient (Wildman–Crippen LogP) is 3.93. The van der Waals surface area contributed by atoms with Gasteiger partial charge in [0.2, 0.25) is 0 Å². The molecule has 0 fully saturated rings. The molecule has 140 valence electrons. The van der Waals surface area contributed by atoms with Crippen molar-refractivity contribution in [1.29, 1.82) is 0 Å². The number of carbonyl (C=O) groups excluding carboxylic acids is 1. The number of nitrogens with one attached hydrogen (secondary N) is 1. The summed E-state index contributed by atoms with van der Waals surface area (Å²) in [4.78, 5) is 14.0. The van der Waals surface area contributed by atoms with Gasteiger partial charge < -0.3 is 10.0 Å². The summed E-state index contributed by atoms with van der Waals surface area (Å²) < 4.78 is 14.5. The highest BCUT2D eigenvalue weighted by atomic mass is 19.1. The first-order valence-corrected chi connectivity index (χ1v) is 8.59. The molecule has 0 saturated carbocycles. The summed E-state index contributed by atoms with van der Waals surface area (Å²) in [5, 5.41) is 13.1. The molecule has 0 spiro atoms. The van der Waals surface area contributed by atoms with Gasteiger partial charge in [-0.15, -0.1) is 0 Å². The SMILES string of the molecule is CC1=CC(C)(C)N(C)c2cc(F)c(/C=N\NC(=O)c3ccc(O)cc3)cc21. The van der Waals surface area contributed by atoms with Gasteiger partial charge in [-0.05, 0) is 62.7 Å². The molecular weight excluding hydrogens is 345 g/mol. The van der Waals surface area contributed by atoms with Crippen molar-refractivity contribution in [3.05, 3.63) is 65.0 Å². The Morgan fingerprint density at radius 3 is 2.59 bits per heavy atom. The van der Waals surface area contributed by atoms with Crippen molar-refractivity contribution in [2.75, 3.05) is 11.9 Å². The van der Waals surface area contributed by atoms with Crippen LogP contribution >= 0.6 is 0 Å². The number of rotatable bonds is 3. The highest BCUT2D eigenvalue weighted by Crippen LogP contribution is 2.38. The summed E-state index contributed by atoms with van der Waals surface area (Å²) in [6.45, 7) is 6.15. The van der Waals surface area contributed by atoms with Gasteiger partial charge in [-0.2, -0.15) is 5.10 Å². The average molecular weight is 367 g/mol. The molecule has 27 heavy (non-hydrogen) atoms. The maximum atomic E-state index is 14.5. The van der Waals surface area contributed by atoms with E-state index in [1.807, 2.05) is 18.9 Å². The molecule has 3 rings (SSSR count). The molecular formula is C21H22FN3O2. The van der Waals surface area contributed by atoms with Crippen molar-refractivity contribution in [3.63, 3.8) is 0 Å². The number of hydrogen-bond donors (Lipinski definition) is 2. The minimum absolute atomic E-state index is 0.0720. The van der Waals surface area contributed by atoms with E-state index < -0.39 is 11.7 Å². The first kappa shape index (κ1) is 18.6. The number of halogens is 1. The zero-order valence-electron chi connectivity index (χ0n) is 15.7. The fraction of sp³-hybridized carbons (Fsp3) is 0.238. The Kier molecular flexibility index (Phi) is 4.74. The van der Waals surface area contributed by atoms with E-state index in [2.05, 4.69) is 30.5 Å². The average Bonchev–Trinajstić information content (AvgIpc) is 2.61. The lowest BCUT2D eigenvalue weighted by Gasteiger charge is -2.40. The first-order chi connectivity index (χ1) is 12.7. The predicted molar refractivity (Wildman–Crippen MR) is 106 cm³/mol. The second-order valence-corrected chi connectivity index (χ2v) is 7.18. The molecule has 1 aliphatic heterocycles. The van der Waals surface area contributed by atoms with Gasteiger partial charge in [-0.25, -0.2) is 9.82 Å². The van der Waals surface area contributed by atoms with E-state index in [1.54, 1.807) is 6.07 Å². The van der Waals surface area contributed by atoms with E-state index in [-0.39, 0.29) is 11.3 Å². The number of carbonyl (C=O) groups is 1. The summed E-state index contributed by atoms with van der Waals surface area (Å²) in [5.74, 6) is -0.779. The first-order valence-electron chi connectivity index (χ1n) is 8.59. The van der Waals surface area contributed by atoms with Crippen LogP contribution < -0.4 is 10.3 Å². The van der Waals surface area contributed by atoms with E-state index in [9.17, 15) is 14.3 Å². The molecule has 2 N–H and O–H groups in total. The Hall–Kier alpha value is -3.15. The molecule has 5 nitrogen and oxygen atoms in total. The zero-order chi connectivity index (χ0) is 19.8. The Balaban J connectivity index is 1.82. The second-order valence-electron chi connectivity index (χ2n) is 7.18. The van der Waals surface area contributed by atoms with Gasteiger partial charge in [0.25, 0.3) is 5.91 Å². The summed E-state index contributed by atoms with van der Waals surface area (Å²) in [6, 6.07) is 9.01. The van der Waals surface area contributed by atoms with Crippen LogP contribution in [0.5, 0.6) is 5.75 Å². The number of aromatic hydroxyl groups is 1. The molecule has 0 aromatic heterocycles. The largest absolute Gasteiger partial charge is 0.508 e. The molecule has 0 unspecified atom stereocenters. The van der Waals surface area contributed by atoms with E-state index >= 15 is 0 Å². The van der Waals surface area contributed by atoms with Crippen molar-refractivity contribution >= 4 is 23.4 Å². The quantitative estimate of drug-likeness (QED) is 0.638. The smallest absolute Gasteiger partial charge is 0.271 e. The third kappa shape index (κ3) is 3.69. The molecule has 6 heteroatoms. The third-order valence-electron chi connectivity index (χ3n) is 4.83. The summed E-state index contributed by atoms with van der Waals surface area (Å²) in [6.07, 6.45) is 3.43. The van der Waals surface area contributed by atoms with Gasteiger partial charge in [-0.1, -0.05) is 6.08 Å². The number of allylic oxidation sites excluding steroid dienone is 1. The van der Waals surface area contributed by atoms with Gasteiger partial charge in [0.05, 0.1) is 11.8 Å². The molecule has 1 aliphatic rings. The van der Waals surface area contributed by atoms with Crippen LogP contribution in [-0.4, -0.2) is 29.8 Å². The number of phenols is 1. The number of anilines is 1. The summed E-state index contributed by atoms with van der Waals surface area (Å²) in [7, 11) is 1.94. The van der Waals surface area contributed by atoms with E-state index in [0.717, 1.165) is 16.8 Å². The summed E-state index contributed by atoms with van der Waals surface area (Å²) in [5.41, 5.74) is 5.63. The Labute approximate surface area is 157 Å². The van der Waals surface area contributed by atoms with Crippen LogP contribution in [0.2, 0.25) is 0 Å². The van der Waals surface area contributed by atoms with Crippen LogP contribution in [0.3, 0.4) is 0 Å². The highest BCUT2D eigenvalue weighted by Gasteiger charge is 2.29. The normalized spacial score (nSPS) is 15.4. The molecule has 0 saturated heterocycles. The van der Waals surface area contributed by atoms with Crippen LogP contribution in [0.4, 0.5) is 10.1 Å². The van der Waals surface area contributed by atoms with Crippen LogP contribution in [-0.2, 0) is 0 Å². The number of hydrogen-bond acceptors (Lipinski definition) is 4. The van der Waals surface area contributed by atoms with Crippen LogP contribution in [0.1, 0.15) is 42.3 Å².